The minimum atomic E-state index is -0.417. The van der Waals surface area contributed by atoms with Gasteiger partial charge in [0.25, 0.3) is 5.91 Å². The zero-order valence-electron chi connectivity index (χ0n) is 9.52. The first-order valence-electron chi connectivity index (χ1n) is 5.57. The average Bonchev–Trinajstić information content (AvgIpc) is 3.12. The molecule has 0 heterocycles. The van der Waals surface area contributed by atoms with Crippen LogP contribution in [0, 0.1) is 5.92 Å². The molecule has 0 saturated heterocycles. The quantitative estimate of drug-likeness (QED) is 0.738. The standard InChI is InChI=1S/C12H13ClN2O2S/c13-7-3-4-9(16)8(5-7)12(17)15-10(11(14)18)6-1-2-6/h3-6,10,16H,1-2H2,(H2,14,18)(H,15,17). The maximum Gasteiger partial charge on any atom is 0.255 e. The number of hydrogen-bond donors (Lipinski definition) is 3. The van der Waals surface area contributed by atoms with Crippen molar-refractivity contribution in [3.05, 3.63) is 28.8 Å². The van der Waals surface area contributed by atoms with Crippen molar-refractivity contribution < 1.29 is 9.90 Å². The zero-order chi connectivity index (χ0) is 13.3. The number of benzene rings is 1. The van der Waals surface area contributed by atoms with Crippen molar-refractivity contribution in [2.75, 3.05) is 0 Å². The van der Waals surface area contributed by atoms with Gasteiger partial charge in [-0.2, -0.15) is 0 Å². The summed E-state index contributed by atoms with van der Waals surface area (Å²) in [5.41, 5.74) is 5.73. The number of thiocarbonyl (C=S) groups is 1. The van der Waals surface area contributed by atoms with Gasteiger partial charge in [-0.3, -0.25) is 4.79 Å². The molecule has 0 aliphatic heterocycles. The molecule has 0 radical (unpaired) electrons. The van der Waals surface area contributed by atoms with E-state index in [-0.39, 0.29) is 22.3 Å². The van der Waals surface area contributed by atoms with Crippen molar-refractivity contribution in [2.45, 2.75) is 18.9 Å². The summed E-state index contributed by atoms with van der Waals surface area (Å²) < 4.78 is 0. The number of phenols is 1. The van der Waals surface area contributed by atoms with Crippen LogP contribution in [0.5, 0.6) is 5.75 Å². The van der Waals surface area contributed by atoms with Crippen LogP contribution in [-0.4, -0.2) is 22.0 Å². The first kappa shape index (κ1) is 13.1. The number of phenolic OH excluding ortho intramolecular Hbond substituents is 1. The minimum Gasteiger partial charge on any atom is -0.507 e. The summed E-state index contributed by atoms with van der Waals surface area (Å²) in [5, 5.41) is 12.8. The Morgan fingerprint density at radius 3 is 2.78 bits per heavy atom. The Bertz CT molecular complexity index is 503. The topological polar surface area (TPSA) is 75.3 Å². The number of nitrogens with one attached hydrogen (secondary N) is 1. The van der Waals surface area contributed by atoms with Gasteiger partial charge in [0.15, 0.2) is 0 Å². The Morgan fingerprint density at radius 1 is 1.56 bits per heavy atom. The Labute approximate surface area is 115 Å². The minimum absolute atomic E-state index is 0.116. The fourth-order valence-corrected chi connectivity index (χ4v) is 2.18. The SMILES string of the molecule is NC(=S)C(NC(=O)c1cc(Cl)ccc1O)C1CC1. The summed E-state index contributed by atoms with van der Waals surface area (Å²) in [6.45, 7) is 0. The van der Waals surface area contributed by atoms with Crippen LogP contribution in [0.2, 0.25) is 5.02 Å². The number of hydrogen-bond acceptors (Lipinski definition) is 3. The second kappa shape index (κ2) is 5.12. The van der Waals surface area contributed by atoms with Crippen LogP contribution in [0.25, 0.3) is 0 Å². The molecule has 1 aromatic rings. The molecule has 1 aromatic carbocycles. The van der Waals surface area contributed by atoms with Crippen molar-refractivity contribution in [3.63, 3.8) is 0 Å². The van der Waals surface area contributed by atoms with Crippen LogP contribution in [0.15, 0.2) is 18.2 Å². The van der Waals surface area contributed by atoms with Crippen molar-refractivity contribution >= 4 is 34.7 Å². The number of halogens is 1. The molecule has 0 bridgehead atoms. The number of aromatic hydroxyl groups is 1. The van der Waals surface area contributed by atoms with Crippen molar-refractivity contribution in [3.8, 4) is 5.75 Å². The molecular formula is C12H13ClN2O2S. The van der Waals surface area contributed by atoms with E-state index >= 15 is 0 Å². The van der Waals surface area contributed by atoms with Gasteiger partial charge in [0, 0.05) is 5.02 Å². The highest BCUT2D eigenvalue weighted by molar-refractivity contribution is 7.80. The number of amides is 1. The van der Waals surface area contributed by atoms with Gasteiger partial charge in [0.2, 0.25) is 0 Å². The predicted molar refractivity (Wildman–Crippen MR) is 73.9 cm³/mol. The van der Waals surface area contributed by atoms with Crippen LogP contribution >= 0.6 is 23.8 Å². The number of rotatable bonds is 4. The third-order valence-electron chi connectivity index (χ3n) is 2.89. The van der Waals surface area contributed by atoms with Crippen LogP contribution in [0.4, 0.5) is 0 Å². The molecule has 96 valence electrons. The summed E-state index contributed by atoms with van der Waals surface area (Å²) in [6, 6.07) is 3.99. The summed E-state index contributed by atoms with van der Waals surface area (Å²) in [7, 11) is 0. The lowest BCUT2D eigenvalue weighted by atomic mass is 10.1. The molecule has 1 aliphatic carbocycles. The summed E-state index contributed by atoms with van der Waals surface area (Å²) in [4.78, 5) is 12.3. The van der Waals surface area contributed by atoms with E-state index in [0.717, 1.165) is 12.8 Å². The van der Waals surface area contributed by atoms with Crippen molar-refractivity contribution in [2.24, 2.45) is 11.7 Å². The normalized spacial score (nSPS) is 16.1. The molecule has 1 unspecified atom stereocenters. The van der Waals surface area contributed by atoms with Crippen LogP contribution in [0.1, 0.15) is 23.2 Å². The van der Waals surface area contributed by atoms with E-state index in [4.69, 9.17) is 29.6 Å². The van der Waals surface area contributed by atoms with E-state index in [0.29, 0.717) is 10.9 Å². The van der Waals surface area contributed by atoms with Crippen molar-refractivity contribution in [1.82, 2.24) is 5.32 Å². The van der Waals surface area contributed by atoms with Crippen LogP contribution in [0.3, 0.4) is 0 Å². The van der Waals surface area contributed by atoms with Gasteiger partial charge in [-0.25, -0.2) is 0 Å². The van der Waals surface area contributed by atoms with Gasteiger partial charge in [-0.1, -0.05) is 23.8 Å². The third kappa shape index (κ3) is 2.91. The largest absolute Gasteiger partial charge is 0.507 e. The van der Waals surface area contributed by atoms with Gasteiger partial charge in [-0.15, -0.1) is 0 Å². The smallest absolute Gasteiger partial charge is 0.255 e. The summed E-state index contributed by atoms with van der Waals surface area (Å²) in [6.07, 6.45) is 2.01. The predicted octanol–water partition coefficient (Wildman–Crippen LogP) is 1.84. The van der Waals surface area contributed by atoms with Crippen LogP contribution < -0.4 is 11.1 Å². The van der Waals surface area contributed by atoms with Gasteiger partial charge in [-0.05, 0) is 37.0 Å². The monoisotopic (exact) mass is 284 g/mol. The second-order valence-corrected chi connectivity index (χ2v) is 5.26. The number of carbonyl (C=O) groups is 1. The number of carbonyl (C=O) groups excluding carboxylic acids is 1. The lowest BCUT2D eigenvalue weighted by molar-refractivity contribution is 0.0941. The Morgan fingerprint density at radius 2 is 2.22 bits per heavy atom. The van der Waals surface area contributed by atoms with Gasteiger partial charge in [0.05, 0.1) is 16.6 Å². The molecule has 1 fully saturated rings. The second-order valence-electron chi connectivity index (χ2n) is 4.35. The Hall–Kier alpha value is -1.33. The lowest BCUT2D eigenvalue weighted by Crippen LogP contribution is -2.45. The lowest BCUT2D eigenvalue weighted by Gasteiger charge is -2.17. The molecule has 4 nitrogen and oxygen atoms in total. The highest BCUT2D eigenvalue weighted by Gasteiger charge is 2.34. The molecule has 2 rings (SSSR count). The molecule has 1 saturated carbocycles. The van der Waals surface area contributed by atoms with Crippen molar-refractivity contribution in [1.29, 1.82) is 0 Å². The Balaban J connectivity index is 2.15. The molecule has 18 heavy (non-hydrogen) atoms. The highest BCUT2D eigenvalue weighted by Crippen LogP contribution is 2.33. The fraction of sp³-hybridized carbons (Fsp3) is 0.333. The first-order chi connectivity index (χ1) is 8.49. The zero-order valence-corrected chi connectivity index (χ0v) is 11.1. The summed E-state index contributed by atoms with van der Waals surface area (Å²) in [5.74, 6) is -0.220. The van der Waals surface area contributed by atoms with E-state index in [1.54, 1.807) is 0 Å². The third-order valence-corrected chi connectivity index (χ3v) is 3.38. The molecule has 1 atom stereocenters. The maximum absolute atomic E-state index is 12.0. The summed E-state index contributed by atoms with van der Waals surface area (Å²) >= 11 is 10.7. The van der Waals surface area contributed by atoms with E-state index in [9.17, 15) is 9.90 Å². The Kier molecular flexibility index (Phi) is 3.73. The molecule has 1 aliphatic rings. The van der Waals surface area contributed by atoms with E-state index in [2.05, 4.69) is 5.32 Å². The van der Waals surface area contributed by atoms with E-state index in [1.165, 1.54) is 18.2 Å². The van der Waals surface area contributed by atoms with Crippen LogP contribution in [-0.2, 0) is 0 Å². The molecule has 6 heteroatoms. The molecule has 1 amide bonds. The van der Waals surface area contributed by atoms with Gasteiger partial charge < -0.3 is 16.2 Å². The molecule has 4 N–H and O–H groups in total. The van der Waals surface area contributed by atoms with E-state index in [1.807, 2.05) is 0 Å². The number of nitrogens with two attached hydrogens (primary N) is 1. The average molecular weight is 285 g/mol. The van der Waals surface area contributed by atoms with Gasteiger partial charge in [0.1, 0.15) is 5.75 Å². The van der Waals surface area contributed by atoms with Gasteiger partial charge >= 0.3 is 0 Å². The maximum atomic E-state index is 12.0. The molecule has 0 spiro atoms. The first-order valence-corrected chi connectivity index (χ1v) is 6.36. The molecule has 0 aromatic heterocycles. The molecular weight excluding hydrogens is 272 g/mol. The highest BCUT2D eigenvalue weighted by atomic mass is 35.5. The fourth-order valence-electron chi connectivity index (χ4n) is 1.76. The van der Waals surface area contributed by atoms with E-state index < -0.39 is 5.91 Å².